The number of nitrogens with zero attached hydrogens (tertiary/aromatic N) is 1. The minimum atomic E-state index is -1.13. The summed E-state index contributed by atoms with van der Waals surface area (Å²) in [7, 11) is 2.75. The maximum atomic E-state index is 13.9. The van der Waals surface area contributed by atoms with E-state index in [-0.39, 0.29) is 22.9 Å². The van der Waals surface area contributed by atoms with Gasteiger partial charge in [0.15, 0.2) is 23.3 Å². The van der Waals surface area contributed by atoms with Crippen LogP contribution in [-0.4, -0.2) is 56.0 Å². The van der Waals surface area contributed by atoms with E-state index in [0.717, 1.165) is 0 Å². The summed E-state index contributed by atoms with van der Waals surface area (Å²) in [5, 5.41) is 2.52. The number of aromatic nitrogens is 1. The molecule has 0 saturated carbocycles. The van der Waals surface area contributed by atoms with E-state index in [2.05, 4.69) is 10.3 Å². The summed E-state index contributed by atoms with van der Waals surface area (Å²) in [6.45, 7) is 3.75. The smallest absolute Gasteiger partial charge is 0.328 e. The van der Waals surface area contributed by atoms with Crippen LogP contribution in [0.3, 0.4) is 0 Å². The lowest BCUT2D eigenvalue weighted by Gasteiger charge is -2.28. The molecule has 0 aliphatic heterocycles. The van der Waals surface area contributed by atoms with Crippen LogP contribution in [0.4, 0.5) is 4.39 Å². The largest absolute Gasteiger partial charge is 0.496 e. The van der Waals surface area contributed by atoms with Gasteiger partial charge in [0.25, 0.3) is 5.91 Å². The number of rotatable bonds is 13. The molecule has 3 rings (SSSR count). The molecule has 0 fully saturated rings. The predicted molar refractivity (Wildman–Crippen MR) is 143 cm³/mol. The Labute approximate surface area is 236 Å². The SMILES string of the molecule is COc1cc(F)ccc1[C@@H](Oc1ccccc1)[C@H](C)OC(=O)[C@H](C)NC(=O)c1nccc(OC)c1OCOC(C)=O. The first-order valence-electron chi connectivity index (χ1n) is 12.5. The van der Waals surface area contributed by atoms with Crippen LogP contribution >= 0.6 is 0 Å². The number of para-hydroxylation sites is 1. The number of carbonyl (C=O) groups excluding carboxylic acids is 3. The van der Waals surface area contributed by atoms with Gasteiger partial charge in [-0.3, -0.25) is 9.59 Å². The van der Waals surface area contributed by atoms with Crippen LogP contribution in [0.25, 0.3) is 0 Å². The van der Waals surface area contributed by atoms with Gasteiger partial charge in [-0.05, 0) is 38.1 Å². The molecule has 41 heavy (non-hydrogen) atoms. The minimum Gasteiger partial charge on any atom is -0.496 e. The fourth-order valence-corrected chi connectivity index (χ4v) is 3.71. The van der Waals surface area contributed by atoms with Crippen molar-refractivity contribution >= 4 is 17.8 Å². The molecule has 1 aromatic heterocycles. The Hall–Kier alpha value is -4.87. The minimum absolute atomic E-state index is 0.0811. The van der Waals surface area contributed by atoms with Crippen molar-refractivity contribution in [1.29, 1.82) is 0 Å². The van der Waals surface area contributed by atoms with Crippen molar-refractivity contribution < 1.29 is 47.2 Å². The van der Waals surface area contributed by atoms with Gasteiger partial charge < -0.3 is 33.7 Å². The predicted octanol–water partition coefficient (Wildman–Crippen LogP) is 4.01. The number of carbonyl (C=O) groups is 3. The second-order valence-electron chi connectivity index (χ2n) is 8.66. The zero-order valence-electron chi connectivity index (χ0n) is 23.2. The molecule has 218 valence electrons. The molecule has 2 aromatic carbocycles. The Morgan fingerprint density at radius 2 is 1.68 bits per heavy atom. The summed E-state index contributed by atoms with van der Waals surface area (Å²) in [6.07, 6.45) is -0.473. The molecule has 1 amide bonds. The second-order valence-corrected chi connectivity index (χ2v) is 8.66. The van der Waals surface area contributed by atoms with Gasteiger partial charge in [-0.1, -0.05) is 18.2 Å². The van der Waals surface area contributed by atoms with E-state index in [9.17, 15) is 18.8 Å². The number of amides is 1. The quantitative estimate of drug-likeness (QED) is 0.238. The first kappa shape index (κ1) is 30.7. The van der Waals surface area contributed by atoms with E-state index in [4.69, 9.17) is 28.4 Å². The molecular weight excluding hydrogens is 539 g/mol. The van der Waals surface area contributed by atoms with Gasteiger partial charge in [-0.15, -0.1) is 0 Å². The highest BCUT2D eigenvalue weighted by Gasteiger charge is 2.31. The number of hydrogen-bond acceptors (Lipinski definition) is 10. The summed E-state index contributed by atoms with van der Waals surface area (Å²) in [5.74, 6) is -1.86. The molecular formula is C29H31FN2O9. The van der Waals surface area contributed by atoms with Crippen LogP contribution in [0.2, 0.25) is 0 Å². The molecule has 12 heteroatoms. The van der Waals surface area contributed by atoms with Crippen LogP contribution in [-0.2, 0) is 19.1 Å². The number of halogens is 1. The van der Waals surface area contributed by atoms with Crippen LogP contribution in [0, 0.1) is 5.82 Å². The van der Waals surface area contributed by atoms with Gasteiger partial charge in [0.1, 0.15) is 29.5 Å². The molecule has 0 aliphatic carbocycles. The van der Waals surface area contributed by atoms with Crippen LogP contribution in [0.1, 0.15) is 42.9 Å². The van der Waals surface area contributed by atoms with E-state index in [1.807, 2.05) is 6.07 Å². The summed E-state index contributed by atoms with van der Waals surface area (Å²) in [4.78, 5) is 41.2. The van der Waals surface area contributed by atoms with Gasteiger partial charge in [0.05, 0.1) is 14.2 Å². The van der Waals surface area contributed by atoms with Crippen molar-refractivity contribution in [2.24, 2.45) is 0 Å². The fraction of sp³-hybridized carbons (Fsp3) is 0.310. The molecule has 1 heterocycles. The van der Waals surface area contributed by atoms with Crippen molar-refractivity contribution in [2.75, 3.05) is 21.0 Å². The fourth-order valence-electron chi connectivity index (χ4n) is 3.71. The molecule has 3 aromatic rings. The molecule has 0 bridgehead atoms. The van der Waals surface area contributed by atoms with E-state index < -0.39 is 48.7 Å². The molecule has 1 N–H and O–H groups in total. The Kier molecular flexibility index (Phi) is 10.8. The lowest BCUT2D eigenvalue weighted by atomic mass is 10.0. The second kappa shape index (κ2) is 14.5. The van der Waals surface area contributed by atoms with Crippen molar-refractivity contribution in [3.8, 4) is 23.0 Å². The Morgan fingerprint density at radius 1 is 0.976 bits per heavy atom. The summed E-state index contributed by atoms with van der Waals surface area (Å²) in [6, 6.07) is 13.1. The maximum Gasteiger partial charge on any atom is 0.328 e. The van der Waals surface area contributed by atoms with Crippen molar-refractivity contribution in [3.05, 3.63) is 77.9 Å². The van der Waals surface area contributed by atoms with Crippen molar-refractivity contribution in [2.45, 2.75) is 39.0 Å². The highest BCUT2D eigenvalue weighted by atomic mass is 19.1. The third-order valence-corrected chi connectivity index (χ3v) is 5.71. The molecule has 11 nitrogen and oxygen atoms in total. The van der Waals surface area contributed by atoms with E-state index in [1.165, 1.54) is 58.5 Å². The number of methoxy groups -OCH3 is 2. The zero-order chi connectivity index (χ0) is 29.9. The normalized spacial score (nSPS) is 12.7. The Bertz CT molecular complexity index is 1350. The number of nitrogens with one attached hydrogen (secondary N) is 1. The molecule has 3 atom stereocenters. The monoisotopic (exact) mass is 570 g/mol. The molecule has 0 aliphatic rings. The zero-order valence-corrected chi connectivity index (χ0v) is 23.2. The summed E-state index contributed by atoms with van der Waals surface area (Å²) >= 11 is 0. The van der Waals surface area contributed by atoms with Crippen LogP contribution < -0.4 is 24.3 Å². The molecule has 0 unspecified atom stereocenters. The average Bonchev–Trinajstić information content (AvgIpc) is 2.96. The lowest BCUT2D eigenvalue weighted by Crippen LogP contribution is -2.42. The van der Waals surface area contributed by atoms with E-state index >= 15 is 0 Å². The van der Waals surface area contributed by atoms with Gasteiger partial charge in [0, 0.05) is 30.8 Å². The van der Waals surface area contributed by atoms with Crippen LogP contribution in [0.5, 0.6) is 23.0 Å². The summed E-state index contributed by atoms with van der Waals surface area (Å²) < 4.78 is 46.4. The number of hydrogen-bond donors (Lipinski definition) is 1. The number of ether oxygens (including phenoxy) is 6. The number of benzene rings is 2. The van der Waals surface area contributed by atoms with E-state index in [1.54, 1.807) is 31.2 Å². The van der Waals surface area contributed by atoms with Gasteiger partial charge in [-0.25, -0.2) is 14.2 Å². The lowest BCUT2D eigenvalue weighted by molar-refractivity contribution is -0.155. The Morgan fingerprint density at radius 3 is 2.34 bits per heavy atom. The highest BCUT2D eigenvalue weighted by Crippen LogP contribution is 2.34. The average molecular weight is 571 g/mol. The number of esters is 2. The third kappa shape index (κ3) is 8.31. The molecule has 0 saturated heterocycles. The first-order valence-corrected chi connectivity index (χ1v) is 12.5. The number of pyridine rings is 1. The van der Waals surface area contributed by atoms with Gasteiger partial charge in [-0.2, -0.15) is 0 Å². The topological polar surface area (TPSA) is 132 Å². The highest BCUT2D eigenvalue weighted by molar-refractivity contribution is 5.98. The van der Waals surface area contributed by atoms with Crippen molar-refractivity contribution in [3.63, 3.8) is 0 Å². The van der Waals surface area contributed by atoms with Crippen LogP contribution in [0.15, 0.2) is 60.8 Å². The maximum absolute atomic E-state index is 13.9. The van der Waals surface area contributed by atoms with Crippen molar-refractivity contribution in [1.82, 2.24) is 10.3 Å². The molecule has 0 spiro atoms. The standard InChI is InChI=1S/C29H31FN2O9/c1-17(32-28(34)25-27(39-16-38-19(3)33)23(36-4)13-14-31-25)29(35)40-18(2)26(41-21-9-7-6-8-10-21)22-12-11-20(30)15-24(22)37-5/h6-15,17-18,26H,16H2,1-5H3,(H,32,34)/t17-,18-,26-/m0/s1. The van der Waals surface area contributed by atoms with Gasteiger partial charge >= 0.3 is 11.9 Å². The molecule has 0 radical (unpaired) electrons. The Balaban J connectivity index is 1.77. The third-order valence-electron chi connectivity index (χ3n) is 5.71. The summed E-state index contributed by atoms with van der Waals surface area (Å²) in [5.41, 5.74) is 0.246. The first-order chi connectivity index (χ1) is 19.6. The van der Waals surface area contributed by atoms with E-state index in [0.29, 0.717) is 11.3 Å². The van der Waals surface area contributed by atoms with Gasteiger partial charge in [0.2, 0.25) is 6.79 Å².